The molecule has 0 aliphatic carbocycles. The molecule has 0 aliphatic rings. The van der Waals surface area contributed by atoms with Crippen LogP contribution in [0.3, 0.4) is 0 Å². The number of aromatic nitrogens is 2. The molecule has 0 unspecified atom stereocenters. The van der Waals surface area contributed by atoms with E-state index in [1.54, 1.807) is 23.4 Å². The van der Waals surface area contributed by atoms with Gasteiger partial charge < -0.3 is 4.90 Å². The standard InChI is InChI=1S/C17H18N4OS/c1-13-9-14(2)11-15(10-13)21(8-3-5-18)16(22)12-23-17-19-6-4-7-20-17/h4,6-7,9-11H,3,8,12H2,1-2H3. The fourth-order valence-corrected chi connectivity index (χ4v) is 2.91. The maximum Gasteiger partial charge on any atom is 0.237 e. The number of thioether (sulfide) groups is 1. The van der Waals surface area contributed by atoms with E-state index in [1.165, 1.54) is 11.8 Å². The van der Waals surface area contributed by atoms with E-state index < -0.39 is 0 Å². The van der Waals surface area contributed by atoms with Gasteiger partial charge in [-0.05, 0) is 43.2 Å². The Labute approximate surface area is 140 Å². The van der Waals surface area contributed by atoms with E-state index in [4.69, 9.17) is 5.26 Å². The Morgan fingerprint density at radius 1 is 1.22 bits per heavy atom. The van der Waals surface area contributed by atoms with Crippen LogP contribution in [0.4, 0.5) is 5.69 Å². The number of rotatable bonds is 6. The van der Waals surface area contributed by atoms with Crippen LogP contribution in [0.1, 0.15) is 17.5 Å². The molecule has 2 rings (SSSR count). The van der Waals surface area contributed by atoms with Crippen LogP contribution >= 0.6 is 11.8 Å². The minimum Gasteiger partial charge on any atom is -0.311 e. The number of carbonyl (C=O) groups excluding carboxylic acids is 1. The first-order valence-corrected chi connectivity index (χ1v) is 8.24. The first kappa shape index (κ1) is 17.0. The molecular formula is C17H18N4OS. The van der Waals surface area contributed by atoms with Crippen molar-refractivity contribution in [2.24, 2.45) is 0 Å². The molecule has 0 aliphatic heterocycles. The summed E-state index contributed by atoms with van der Waals surface area (Å²) in [7, 11) is 0. The summed E-state index contributed by atoms with van der Waals surface area (Å²) in [5, 5.41) is 9.42. The highest BCUT2D eigenvalue weighted by Gasteiger charge is 2.17. The molecule has 1 aromatic heterocycles. The van der Waals surface area contributed by atoms with Crippen molar-refractivity contribution in [3.05, 3.63) is 47.8 Å². The SMILES string of the molecule is Cc1cc(C)cc(N(CCC#N)C(=O)CSc2ncccn2)c1. The average Bonchev–Trinajstić information content (AvgIpc) is 2.53. The highest BCUT2D eigenvalue weighted by Crippen LogP contribution is 2.21. The van der Waals surface area contributed by atoms with Crippen molar-refractivity contribution in [3.63, 3.8) is 0 Å². The maximum absolute atomic E-state index is 12.6. The Bertz CT molecular complexity index is 692. The van der Waals surface area contributed by atoms with Gasteiger partial charge in [0.25, 0.3) is 0 Å². The molecule has 1 amide bonds. The highest BCUT2D eigenvalue weighted by molar-refractivity contribution is 7.99. The number of hydrogen-bond acceptors (Lipinski definition) is 5. The summed E-state index contributed by atoms with van der Waals surface area (Å²) in [5.41, 5.74) is 3.01. The van der Waals surface area contributed by atoms with Crippen LogP contribution in [0.5, 0.6) is 0 Å². The molecule has 0 radical (unpaired) electrons. The molecule has 0 saturated carbocycles. The van der Waals surface area contributed by atoms with Crippen LogP contribution < -0.4 is 4.90 Å². The Balaban J connectivity index is 2.13. The van der Waals surface area contributed by atoms with Crippen molar-refractivity contribution in [3.8, 4) is 6.07 Å². The van der Waals surface area contributed by atoms with Crippen molar-refractivity contribution in [2.45, 2.75) is 25.4 Å². The van der Waals surface area contributed by atoms with Gasteiger partial charge in [-0.25, -0.2) is 9.97 Å². The van der Waals surface area contributed by atoms with Gasteiger partial charge in [0.05, 0.1) is 18.2 Å². The molecule has 2 aromatic rings. The summed E-state index contributed by atoms with van der Waals surface area (Å²) in [5.74, 6) is 0.185. The summed E-state index contributed by atoms with van der Waals surface area (Å²) in [4.78, 5) is 22.5. The molecule has 1 heterocycles. The molecule has 118 valence electrons. The molecule has 0 bridgehead atoms. The second kappa shape index (κ2) is 8.30. The largest absolute Gasteiger partial charge is 0.311 e. The monoisotopic (exact) mass is 326 g/mol. The minimum absolute atomic E-state index is 0.0531. The fourth-order valence-electron chi connectivity index (χ4n) is 2.23. The number of aryl methyl sites for hydroxylation is 2. The number of carbonyl (C=O) groups is 1. The Morgan fingerprint density at radius 3 is 2.48 bits per heavy atom. The van der Waals surface area contributed by atoms with Gasteiger partial charge in [-0.2, -0.15) is 5.26 Å². The minimum atomic E-state index is -0.0531. The number of nitrogens with zero attached hydrogens (tertiary/aromatic N) is 4. The highest BCUT2D eigenvalue weighted by atomic mass is 32.2. The van der Waals surface area contributed by atoms with Crippen LogP contribution in [0.25, 0.3) is 0 Å². The molecule has 0 spiro atoms. The summed E-state index contributed by atoms with van der Waals surface area (Å²) in [6, 6.07) is 9.82. The van der Waals surface area contributed by atoms with Crippen LogP contribution in [-0.4, -0.2) is 28.2 Å². The van der Waals surface area contributed by atoms with Gasteiger partial charge >= 0.3 is 0 Å². The smallest absolute Gasteiger partial charge is 0.237 e. The molecular weight excluding hydrogens is 308 g/mol. The molecule has 1 aromatic carbocycles. The lowest BCUT2D eigenvalue weighted by molar-refractivity contribution is -0.116. The number of amides is 1. The second-order valence-corrected chi connectivity index (χ2v) is 6.06. The lowest BCUT2D eigenvalue weighted by Crippen LogP contribution is -2.33. The van der Waals surface area contributed by atoms with Gasteiger partial charge in [-0.3, -0.25) is 4.79 Å². The summed E-state index contributed by atoms with van der Waals surface area (Å²) < 4.78 is 0. The zero-order chi connectivity index (χ0) is 16.7. The Morgan fingerprint density at radius 2 is 1.87 bits per heavy atom. The van der Waals surface area contributed by atoms with Crippen LogP contribution in [0, 0.1) is 25.2 Å². The summed E-state index contributed by atoms with van der Waals surface area (Å²) in [6.07, 6.45) is 3.60. The predicted molar refractivity (Wildman–Crippen MR) is 91.3 cm³/mol. The van der Waals surface area contributed by atoms with E-state index >= 15 is 0 Å². The fraction of sp³-hybridized carbons (Fsp3) is 0.294. The Hall–Kier alpha value is -2.39. The zero-order valence-electron chi connectivity index (χ0n) is 13.2. The number of nitriles is 1. The van der Waals surface area contributed by atoms with Crippen LogP contribution in [0.15, 0.2) is 41.8 Å². The molecule has 6 heteroatoms. The Kier molecular flexibility index (Phi) is 6.12. The van der Waals surface area contributed by atoms with Crippen molar-refractivity contribution in [1.29, 1.82) is 5.26 Å². The van der Waals surface area contributed by atoms with E-state index in [0.29, 0.717) is 18.1 Å². The molecule has 23 heavy (non-hydrogen) atoms. The second-order valence-electron chi connectivity index (χ2n) is 5.12. The van der Waals surface area contributed by atoms with Crippen molar-refractivity contribution >= 4 is 23.4 Å². The van der Waals surface area contributed by atoms with Crippen molar-refractivity contribution < 1.29 is 4.79 Å². The van der Waals surface area contributed by atoms with Gasteiger partial charge in [0.2, 0.25) is 5.91 Å². The molecule has 5 nitrogen and oxygen atoms in total. The van der Waals surface area contributed by atoms with Crippen LogP contribution in [0.2, 0.25) is 0 Å². The van der Waals surface area contributed by atoms with Crippen molar-refractivity contribution in [1.82, 2.24) is 9.97 Å². The normalized spacial score (nSPS) is 10.1. The lowest BCUT2D eigenvalue weighted by atomic mass is 10.1. The van der Waals surface area contributed by atoms with Gasteiger partial charge in [0.1, 0.15) is 0 Å². The van der Waals surface area contributed by atoms with Crippen molar-refractivity contribution in [2.75, 3.05) is 17.2 Å². The van der Waals surface area contributed by atoms with Gasteiger partial charge in [-0.1, -0.05) is 17.8 Å². The van der Waals surface area contributed by atoms with E-state index in [1.807, 2.05) is 26.0 Å². The van der Waals surface area contributed by atoms with Crippen LogP contribution in [-0.2, 0) is 4.79 Å². The topological polar surface area (TPSA) is 69.9 Å². The third-order valence-electron chi connectivity index (χ3n) is 3.13. The first-order valence-electron chi connectivity index (χ1n) is 7.25. The van der Waals surface area contributed by atoms with E-state index in [0.717, 1.165) is 16.8 Å². The third kappa shape index (κ3) is 5.08. The summed E-state index contributed by atoms with van der Waals surface area (Å²) in [6.45, 7) is 4.38. The molecule has 0 atom stereocenters. The average molecular weight is 326 g/mol. The van der Waals surface area contributed by atoms with Gasteiger partial charge in [0, 0.05) is 24.6 Å². The summed E-state index contributed by atoms with van der Waals surface area (Å²) >= 11 is 1.30. The zero-order valence-corrected chi connectivity index (χ0v) is 14.0. The van der Waals surface area contributed by atoms with E-state index in [2.05, 4.69) is 22.1 Å². The number of hydrogen-bond donors (Lipinski definition) is 0. The quantitative estimate of drug-likeness (QED) is 0.602. The van der Waals surface area contributed by atoms with E-state index in [9.17, 15) is 4.79 Å². The van der Waals surface area contributed by atoms with Gasteiger partial charge in [0.15, 0.2) is 5.16 Å². The predicted octanol–water partition coefficient (Wildman–Crippen LogP) is 3.13. The molecule has 0 saturated heterocycles. The molecule has 0 fully saturated rings. The maximum atomic E-state index is 12.6. The first-order chi connectivity index (χ1) is 11.1. The lowest BCUT2D eigenvalue weighted by Gasteiger charge is -2.22. The van der Waals surface area contributed by atoms with E-state index in [-0.39, 0.29) is 11.7 Å². The number of benzene rings is 1. The third-order valence-corrected chi connectivity index (χ3v) is 3.99. The number of anilines is 1. The molecule has 0 N–H and O–H groups in total. The van der Waals surface area contributed by atoms with Gasteiger partial charge in [-0.15, -0.1) is 0 Å².